The smallest absolute Gasteiger partial charge is 0.335 e. The third-order valence-corrected chi connectivity index (χ3v) is 2.55. The number of hydrogen-bond acceptors (Lipinski definition) is 3. The highest BCUT2D eigenvalue weighted by molar-refractivity contribution is 5.92. The van der Waals surface area contributed by atoms with E-state index in [-0.39, 0.29) is 5.56 Å². The lowest BCUT2D eigenvalue weighted by atomic mass is 10.0. The molecule has 2 rings (SSSR count). The number of benzene rings is 2. The standard InChI is InChI=1S/C13H12N2O2/c14-11-4-2-1-3-9(11)10-6-5-8(13(16)17)7-12(10)15/h1-7H,14-15H2,(H,16,17). The monoisotopic (exact) mass is 228 g/mol. The number of nitrogen functional groups attached to an aromatic ring is 2. The molecule has 0 bridgehead atoms. The van der Waals surface area contributed by atoms with Crippen molar-refractivity contribution in [3.05, 3.63) is 48.0 Å². The first-order valence-corrected chi connectivity index (χ1v) is 5.07. The predicted molar refractivity (Wildman–Crippen MR) is 67.7 cm³/mol. The number of para-hydroxylation sites is 1. The molecule has 0 aromatic heterocycles. The van der Waals surface area contributed by atoms with Crippen LogP contribution in [-0.4, -0.2) is 11.1 Å². The van der Waals surface area contributed by atoms with E-state index in [1.54, 1.807) is 12.1 Å². The summed E-state index contributed by atoms with van der Waals surface area (Å²) in [5, 5.41) is 8.85. The topological polar surface area (TPSA) is 89.3 Å². The van der Waals surface area contributed by atoms with Crippen LogP contribution in [-0.2, 0) is 0 Å². The highest BCUT2D eigenvalue weighted by Crippen LogP contribution is 2.30. The van der Waals surface area contributed by atoms with Crippen molar-refractivity contribution < 1.29 is 9.90 Å². The lowest BCUT2D eigenvalue weighted by Crippen LogP contribution is -2.00. The molecule has 0 saturated carbocycles. The molecule has 0 heterocycles. The maximum Gasteiger partial charge on any atom is 0.335 e. The molecular weight excluding hydrogens is 216 g/mol. The van der Waals surface area contributed by atoms with E-state index in [4.69, 9.17) is 16.6 Å². The lowest BCUT2D eigenvalue weighted by Gasteiger charge is -2.09. The van der Waals surface area contributed by atoms with Crippen LogP contribution in [0.4, 0.5) is 11.4 Å². The van der Waals surface area contributed by atoms with Gasteiger partial charge in [-0.3, -0.25) is 0 Å². The van der Waals surface area contributed by atoms with Gasteiger partial charge in [-0.1, -0.05) is 24.3 Å². The minimum Gasteiger partial charge on any atom is -0.478 e. The maximum atomic E-state index is 10.8. The summed E-state index contributed by atoms with van der Waals surface area (Å²) in [6, 6.07) is 11.9. The Bertz CT molecular complexity index is 579. The summed E-state index contributed by atoms with van der Waals surface area (Å²) in [6.07, 6.45) is 0. The first-order valence-electron chi connectivity index (χ1n) is 5.07. The first kappa shape index (κ1) is 11.0. The van der Waals surface area contributed by atoms with Gasteiger partial charge >= 0.3 is 5.97 Å². The summed E-state index contributed by atoms with van der Waals surface area (Å²) in [4.78, 5) is 10.8. The largest absolute Gasteiger partial charge is 0.478 e. The summed E-state index contributed by atoms with van der Waals surface area (Å²) >= 11 is 0. The van der Waals surface area contributed by atoms with Gasteiger partial charge in [0, 0.05) is 22.5 Å². The van der Waals surface area contributed by atoms with Gasteiger partial charge in [-0.2, -0.15) is 0 Å². The molecule has 0 saturated heterocycles. The first-order chi connectivity index (χ1) is 8.09. The van der Waals surface area contributed by atoms with Crippen LogP contribution in [0.2, 0.25) is 0 Å². The van der Waals surface area contributed by atoms with Crippen LogP contribution < -0.4 is 11.5 Å². The summed E-state index contributed by atoms with van der Waals surface area (Å²) < 4.78 is 0. The normalized spacial score (nSPS) is 10.1. The Balaban J connectivity index is 2.55. The molecule has 4 heteroatoms. The fourth-order valence-electron chi connectivity index (χ4n) is 1.68. The van der Waals surface area contributed by atoms with Crippen LogP contribution in [0.5, 0.6) is 0 Å². The molecule has 0 aliphatic carbocycles. The highest BCUT2D eigenvalue weighted by atomic mass is 16.4. The van der Waals surface area contributed by atoms with Crippen molar-refractivity contribution in [2.75, 3.05) is 11.5 Å². The average Bonchev–Trinajstić information content (AvgIpc) is 2.30. The number of rotatable bonds is 2. The second-order valence-electron chi connectivity index (χ2n) is 3.69. The van der Waals surface area contributed by atoms with Crippen LogP contribution in [0.25, 0.3) is 11.1 Å². The molecule has 86 valence electrons. The van der Waals surface area contributed by atoms with Gasteiger partial charge in [0.2, 0.25) is 0 Å². The summed E-state index contributed by atoms with van der Waals surface area (Å²) in [7, 11) is 0. The second kappa shape index (κ2) is 4.17. The van der Waals surface area contributed by atoms with E-state index in [1.165, 1.54) is 12.1 Å². The van der Waals surface area contributed by atoms with Gasteiger partial charge < -0.3 is 16.6 Å². The lowest BCUT2D eigenvalue weighted by molar-refractivity contribution is 0.0697. The van der Waals surface area contributed by atoms with Crippen LogP contribution in [0, 0.1) is 0 Å². The zero-order valence-corrected chi connectivity index (χ0v) is 9.05. The van der Waals surface area contributed by atoms with E-state index in [1.807, 2.05) is 18.2 Å². The van der Waals surface area contributed by atoms with Crippen LogP contribution in [0.15, 0.2) is 42.5 Å². The summed E-state index contributed by atoms with van der Waals surface area (Å²) in [6.45, 7) is 0. The second-order valence-corrected chi connectivity index (χ2v) is 3.69. The summed E-state index contributed by atoms with van der Waals surface area (Å²) in [5.74, 6) is -0.996. The van der Waals surface area contributed by atoms with E-state index in [9.17, 15) is 4.79 Å². The minimum absolute atomic E-state index is 0.167. The van der Waals surface area contributed by atoms with Crippen molar-refractivity contribution in [3.63, 3.8) is 0 Å². The van der Waals surface area contributed by atoms with E-state index >= 15 is 0 Å². The van der Waals surface area contributed by atoms with E-state index in [0.717, 1.165) is 11.1 Å². The maximum absolute atomic E-state index is 10.8. The van der Waals surface area contributed by atoms with Gasteiger partial charge in [0.1, 0.15) is 0 Å². The van der Waals surface area contributed by atoms with Gasteiger partial charge in [-0.15, -0.1) is 0 Å². The Morgan fingerprint density at radius 1 is 0.941 bits per heavy atom. The highest BCUT2D eigenvalue weighted by Gasteiger charge is 2.09. The molecule has 0 radical (unpaired) electrons. The SMILES string of the molecule is Nc1ccccc1-c1ccc(C(=O)O)cc1N. The molecule has 5 N–H and O–H groups in total. The molecule has 0 spiro atoms. The third-order valence-electron chi connectivity index (χ3n) is 2.55. The Labute approximate surface area is 98.5 Å². The zero-order valence-electron chi connectivity index (χ0n) is 9.05. The van der Waals surface area contributed by atoms with E-state index < -0.39 is 5.97 Å². The molecule has 0 aliphatic rings. The molecule has 0 amide bonds. The molecule has 0 fully saturated rings. The molecule has 2 aromatic carbocycles. The fourth-order valence-corrected chi connectivity index (χ4v) is 1.68. The Hall–Kier alpha value is -2.49. The van der Waals surface area contributed by atoms with Crippen molar-refractivity contribution in [1.82, 2.24) is 0 Å². The number of hydrogen-bond donors (Lipinski definition) is 3. The number of carboxylic acids is 1. The Kier molecular flexibility index (Phi) is 2.70. The quantitative estimate of drug-likeness (QED) is 0.687. The molecule has 4 nitrogen and oxygen atoms in total. The summed E-state index contributed by atoms with van der Waals surface area (Å²) in [5.41, 5.74) is 14.4. The predicted octanol–water partition coefficient (Wildman–Crippen LogP) is 2.22. The third kappa shape index (κ3) is 2.06. The van der Waals surface area contributed by atoms with Crippen molar-refractivity contribution in [1.29, 1.82) is 0 Å². The van der Waals surface area contributed by atoms with E-state index in [0.29, 0.717) is 11.4 Å². The van der Waals surface area contributed by atoms with Gasteiger partial charge in [-0.05, 0) is 18.2 Å². The minimum atomic E-state index is -0.996. The number of anilines is 2. The molecule has 2 aromatic rings. The van der Waals surface area contributed by atoms with Crippen molar-refractivity contribution in [2.45, 2.75) is 0 Å². The van der Waals surface area contributed by atoms with Gasteiger partial charge in [-0.25, -0.2) is 4.79 Å². The van der Waals surface area contributed by atoms with Crippen LogP contribution in [0.3, 0.4) is 0 Å². The van der Waals surface area contributed by atoms with Crippen molar-refractivity contribution in [3.8, 4) is 11.1 Å². The molecule has 0 atom stereocenters. The molecular formula is C13H12N2O2. The molecule has 0 unspecified atom stereocenters. The molecule has 0 aliphatic heterocycles. The van der Waals surface area contributed by atoms with Crippen LogP contribution in [0.1, 0.15) is 10.4 Å². The van der Waals surface area contributed by atoms with Crippen molar-refractivity contribution in [2.24, 2.45) is 0 Å². The number of carbonyl (C=O) groups is 1. The van der Waals surface area contributed by atoms with Gasteiger partial charge in [0.05, 0.1) is 5.56 Å². The Morgan fingerprint density at radius 2 is 1.59 bits per heavy atom. The van der Waals surface area contributed by atoms with Gasteiger partial charge in [0.15, 0.2) is 0 Å². The van der Waals surface area contributed by atoms with E-state index in [2.05, 4.69) is 0 Å². The van der Waals surface area contributed by atoms with Gasteiger partial charge in [0.25, 0.3) is 0 Å². The zero-order chi connectivity index (χ0) is 12.4. The molecule has 17 heavy (non-hydrogen) atoms. The number of aromatic carboxylic acids is 1. The van der Waals surface area contributed by atoms with Crippen molar-refractivity contribution >= 4 is 17.3 Å². The average molecular weight is 228 g/mol. The van der Waals surface area contributed by atoms with Crippen LogP contribution >= 0.6 is 0 Å². The number of carboxylic acid groups (broad SMARTS) is 1. The fraction of sp³-hybridized carbons (Fsp3) is 0. The Morgan fingerprint density at radius 3 is 2.18 bits per heavy atom. The number of nitrogens with two attached hydrogens (primary N) is 2.